The van der Waals surface area contributed by atoms with Crippen LogP contribution in [0.4, 0.5) is 5.69 Å². The normalized spacial score (nSPS) is 9.84. The number of rotatable bonds is 5. The van der Waals surface area contributed by atoms with Crippen molar-refractivity contribution in [2.75, 3.05) is 19.5 Å². The van der Waals surface area contributed by atoms with E-state index in [0.29, 0.717) is 11.4 Å². The molecule has 0 aliphatic carbocycles. The van der Waals surface area contributed by atoms with Crippen molar-refractivity contribution in [2.24, 2.45) is 0 Å². The molecule has 0 spiro atoms. The molecule has 25 heavy (non-hydrogen) atoms. The number of methoxy groups -OCH3 is 2. The largest absolute Gasteiger partial charge is 0.497 e. The summed E-state index contributed by atoms with van der Waals surface area (Å²) in [5.41, 5.74) is 1.43. The molecule has 2 aromatic carbocycles. The minimum atomic E-state index is -0.824. The fourth-order valence-electron chi connectivity index (χ4n) is 2.04. The zero-order chi connectivity index (χ0) is 18.2. The van der Waals surface area contributed by atoms with Crippen LogP contribution in [0.25, 0.3) is 0 Å². The molecule has 0 unspecified atom stereocenters. The van der Waals surface area contributed by atoms with Crippen LogP contribution in [0, 0.1) is 0 Å². The number of carbonyl (C=O) groups excluding carboxylic acids is 3. The van der Waals surface area contributed by atoms with Crippen LogP contribution in [0.5, 0.6) is 5.75 Å². The van der Waals surface area contributed by atoms with Crippen LogP contribution in [0.2, 0.25) is 0 Å². The Hall–Kier alpha value is -3.35. The first kappa shape index (κ1) is 18.0. The highest BCUT2D eigenvalue weighted by molar-refractivity contribution is 6.39. The predicted molar refractivity (Wildman–Crippen MR) is 91.3 cm³/mol. The topological polar surface area (TPSA) is 93.7 Å². The summed E-state index contributed by atoms with van der Waals surface area (Å²) in [5.74, 6) is -1.42. The maximum absolute atomic E-state index is 11.9. The van der Waals surface area contributed by atoms with Crippen molar-refractivity contribution >= 4 is 23.5 Å². The molecule has 130 valence electrons. The van der Waals surface area contributed by atoms with Gasteiger partial charge in [-0.3, -0.25) is 9.59 Å². The molecule has 0 bridgehead atoms. The van der Waals surface area contributed by atoms with Gasteiger partial charge in [-0.05, 0) is 35.9 Å². The number of benzene rings is 2. The Morgan fingerprint density at radius 3 is 2.32 bits per heavy atom. The highest BCUT2D eigenvalue weighted by Gasteiger charge is 2.14. The van der Waals surface area contributed by atoms with Crippen LogP contribution in [-0.2, 0) is 20.9 Å². The van der Waals surface area contributed by atoms with E-state index in [-0.39, 0.29) is 12.1 Å². The van der Waals surface area contributed by atoms with Crippen molar-refractivity contribution in [3.63, 3.8) is 0 Å². The average Bonchev–Trinajstić information content (AvgIpc) is 2.65. The number of amides is 2. The lowest BCUT2D eigenvalue weighted by Gasteiger charge is -2.08. The lowest BCUT2D eigenvalue weighted by molar-refractivity contribution is -0.136. The standard InChI is InChI=1S/C18H18N2O5/c1-24-15-8-6-12(7-9-15)11-19-16(21)17(22)20-14-5-3-4-13(10-14)18(23)25-2/h3-10H,11H2,1-2H3,(H,19,21)(H,20,22). The molecular formula is C18H18N2O5. The van der Waals surface area contributed by atoms with Gasteiger partial charge in [-0.25, -0.2) is 4.79 Å². The third kappa shape index (κ3) is 5.07. The molecule has 2 aromatic rings. The van der Waals surface area contributed by atoms with E-state index in [1.165, 1.54) is 13.2 Å². The average molecular weight is 342 g/mol. The van der Waals surface area contributed by atoms with E-state index < -0.39 is 17.8 Å². The Kier molecular flexibility index (Phi) is 6.11. The smallest absolute Gasteiger partial charge is 0.337 e. The Morgan fingerprint density at radius 2 is 1.68 bits per heavy atom. The van der Waals surface area contributed by atoms with Crippen LogP contribution in [0.1, 0.15) is 15.9 Å². The van der Waals surface area contributed by atoms with Crippen LogP contribution >= 0.6 is 0 Å². The Bertz CT molecular complexity index is 771. The number of hydrogen-bond donors (Lipinski definition) is 2. The molecule has 0 heterocycles. The van der Waals surface area contributed by atoms with Crippen molar-refractivity contribution in [1.29, 1.82) is 0 Å². The van der Waals surface area contributed by atoms with Gasteiger partial charge in [-0.15, -0.1) is 0 Å². The monoisotopic (exact) mass is 342 g/mol. The number of hydrogen-bond acceptors (Lipinski definition) is 5. The molecule has 2 N–H and O–H groups in total. The first-order chi connectivity index (χ1) is 12.0. The number of ether oxygens (including phenoxy) is 2. The van der Waals surface area contributed by atoms with Gasteiger partial charge in [0.15, 0.2) is 0 Å². The lowest BCUT2D eigenvalue weighted by Crippen LogP contribution is -2.35. The van der Waals surface area contributed by atoms with Crippen molar-refractivity contribution in [2.45, 2.75) is 6.54 Å². The van der Waals surface area contributed by atoms with Gasteiger partial charge < -0.3 is 20.1 Å². The van der Waals surface area contributed by atoms with Gasteiger partial charge in [0.05, 0.1) is 19.8 Å². The van der Waals surface area contributed by atoms with Crippen LogP contribution in [-0.4, -0.2) is 32.0 Å². The molecule has 0 fully saturated rings. The first-order valence-electron chi connectivity index (χ1n) is 7.44. The van der Waals surface area contributed by atoms with E-state index >= 15 is 0 Å². The maximum Gasteiger partial charge on any atom is 0.337 e. The molecule has 7 nitrogen and oxygen atoms in total. The second kappa shape index (κ2) is 8.49. The molecule has 0 aliphatic heterocycles. The van der Waals surface area contributed by atoms with Crippen molar-refractivity contribution in [3.05, 3.63) is 59.7 Å². The van der Waals surface area contributed by atoms with E-state index in [1.807, 2.05) is 0 Å². The molecule has 0 saturated heterocycles. The van der Waals surface area contributed by atoms with Gasteiger partial charge in [-0.2, -0.15) is 0 Å². The van der Waals surface area contributed by atoms with Crippen LogP contribution in [0.3, 0.4) is 0 Å². The minimum Gasteiger partial charge on any atom is -0.497 e. The molecule has 0 saturated carbocycles. The molecule has 2 rings (SSSR count). The fraction of sp³-hybridized carbons (Fsp3) is 0.167. The highest BCUT2D eigenvalue weighted by Crippen LogP contribution is 2.12. The minimum absolute atomic E-state index is 0.207. The second-order valence-electron chi connectivity index (χ2n) is 5.06. The summed E-state index contributed by atoms with van der Waals surface area (Å²) in [6.07, 6.45) is 0. The first-order valence-corrected chi connectivity index (χ1v) is 7.44. The molecule has 7 heteroatoms. The van der Waals surface area contributed by atoms with Crippen molar-refractivity contribution in [1.82, 2.24) is 5.32 Å². The summed E-state index contributed by atoms with van der Waals surface area (Å²) in [4.78, 5) is 35.3. The zero-order valence-electron chi connectivity index (χ0n) is 13.9. The summed E-state index contributed by atoms with van der Waals surface area (Å²) in [6.45, 7) is 0.207. The number of anilines is 1. The second-order valence-corrected chi connectivity index (χ2v) is 5.06. The van der Waals surface area contributed by atoms with Crippen molar-refractivity contribution in [3.8, 4) is 5.75 Å². The fourth-order valence-corrected chi connectivity index (χ4v) is 2.04. The Morgan fingerprint density at radius 1 is 0.960 bits per heavy atom. The van der Waals surface area contributed by atoms with E-state index in [4.69, 9.17) is 4.74 Å². The summed E-state index contributed by atoms with van der Waals surface area (Å²) in [7, 11) is 2.83. The van der Waals surface area contributed by atoms with Gasteiger partial charge in [0.1, 0.15) is 5.75 Å². The summed E-state index contributed by atoms with van der Waals surface area (Å²) in [6, 6.07) is 13.2. The molecule has 0 atom stereocenters. The highest BCUT2D eigenvalue weighted by atomic mass is 16.5. The molecule has 0 radical (unpaired) electrons. The van der Waals surface area contributed by atoms with Gasteiger partial charge >= 0.3 is 17.8 Å². The van der Waals surface area contributed by atoms with Gasteiger partial charge in [-0.1, -0.05) is 18.2 Å². The zero-order valence-corrected chi connectivity index (χ0v) is 13.9. The molecule has 2 amide bonds. The van der Waals surface area contributed by atoms with Crippen molar-refractivity contribution < 1.29 is 23.9 Å². The maximum atomic E-state index is 11.9. The molecule has 0 aromatic heterocycles. The molecule has 0 aliphatic rings. The molecular weight excluding hydrogens is 324 g/mol. The SMILES string of the molecule is COC(=O)c1cccc(NC(=O)C(=O)NCc2ccc(OC)cc2)c1. The third-order valence-electron chi connectivity index (χ3n) is 3.36. The van der Waals surface area contributed by atoms with Gasteiger partial charge in [0.25, 0.3) is 0 Å². The third-order valence-corrected chi connectivity index (χ3v) is 3.36. The van der Waals surface area contributed by atoms with E-state index in [1.54, 1.807) is 49.6 Å². The van der Waals surface area contributed by atoms with Gasteiger partial charge in [0.2, 0.25) is 0 Å². The number of carbonyl (C=O) groups is 3. The lowest BCUT2D eigenvalue weighted by atomic mass is 10.2. The number of nitrogens with one attached hydrogen (secondary N) is 2. The van der Waals surface area contributed by atoms with E-state index in [0.717, 1.165) is 5.56 Å². The van der Waals surface area contributed by atoms with E-state index in [9.17, 15) is 14.4 Å². The van der Waals surface area contributed by atoms with Crippen LogP contribution < -0.4 is 15.4 Å². The predicted octanol–water partition coefficient (Wildman–Crippen LogP) is 1.74. The summed E-state index contributed by atoms with van der Waals surface area (Å²) < 4.78 is 9.66. The quantitative estimate of drug-likeness (QED) is 0.638. The summed E-state index contributed by atoms with van der Waals surface area (Å²) >= 11 is 0. The van der Waals surface area contributed by atoms with E-state index in [2.05, 4.69) is 15.4 Å². The summed E-state index contributed by atoms with van der Waals surface area (Å²) in [5, 5.41) is 4.96. The Balaban J connectivity index is 1.91. The Labute approximate surface area is 144 Å². The van der Waals surface area contributed by atoms with Crippen LogP contribution in [0.15, 0.2) is 48.5 Å². The van der Waals surface area contributed by atoms with Gasteiger partial charge in [0, 0.05) is 12.2 Å². The number of esters is 1.